The first-order valence-electron chi connectivity index (χ1n) is 6.89. The van der Waals surface area contributed by atoms with Gasteiger partial charge in [0.15, 0.2) is 0 Å². The number of nitrogens with one attached hydrogen (secondary N) is 2. The second-order valence-corrected chi connectivity index (χ2v) is 5.10. The zero-order valence-corrected chi connectivity index (χ0v) is 12.2. The third-order valence-corrected chi connectivity index (χ3v) is 2.82. The van der Waals surface area contributed by atoms with Crippen molar-refractivity contribution in [3.8, 4) is 11.3 Å². The molecule has 0 saturated heterocycles. The largest absolute Gasteiger partial charge is 0.460 e. The van der Waals surface area contributed by atoms with Crippen molar-refractivity contribution in [1.29, 1.82) is 0 Å². The molecule has 0 aliphatic heterocycles. The third-order valence-electron chi connectivity index (χ3n) is 2.82. The van der Waals surface area contributed by atoms with Gasteiger partial charge in [0, 0.05) is 11.6 Å². The molecule has 112 valence electrons. The molecular weight excluding hydrogens is 271 g/mol. The fourth-order valence-electron chi connectivity index (χ4n) is 1.91. The number of carbonyl (C=O) groups excluding carboxylic acids is 1. The molecule has 0 bridgehead atoms. The van der Waals surface area contributed by atoms with Crippen LogP contribution in [0, 0.1) is 5.82 Å². The lowest BCUT2D eigenvalue weighted by atomic mass is 10.2. The van der Waals surface area contributed by atoms with E-state index in [1.807, 2.05) is 26.0 Å². The normalized spacial score (nSPS) is 10.9. The maximum atomic E-state index is 12.9. The van der Waals surface area contributed by atoms with Crippen molar-refractivity contribution in [3.63, 3.8) is 0 Å². The summed E-state index contributed by atoms with van der Waals surface area (Å²) in [4.78, 5) is 11.5. The van der Waals surface area contributed by atoms with E-state index in [1.54, 1.807) is 12.1 Å². The van der Waals surface area contributed by atoms with E-state index in [-0.39, 0.29) is 24.3 Å². The Labute approximate surface area is 123 Å². The first-order chi connectivity index (χ1) is 10.0. The molecule has 0 aliphatic carbocycles. The Balaban J connectivity index is 1.86. The van der Waals surface area contributed by atoms with Gasteiger partial charge in [-0.15, -0.1) is 0 Å². The summed E-state index contributed by atoms with van der Waals surface area (Å²) in [5.41, 5.74) is 0.820. The molecule has 1 heterocycles. The second-order valence-electron chi connectivity index (χ2n) is 5.10. The zero-order valence-electron chi connectivity index (χ0n) is 12.2. The van der Waals surface area contributed by atoms with Crippen LogP contribution in [0.5, 0.6) is 0 Å². The summed E-state index contributed by atoms with van der Waals surface area (Å²) in [5.74, 6) is 1.09. The highest BCUT2D eigenvalue weighted by atomic mass is 19.1. The van der Waals surface area contributed by atoms with Gasteiger partial charge in [-0.2, -0.15) is 0 Å². The number of benzene rings is 1. The number of hydrogen-bond acceptors (Lipinski definition) is 3. The SMILES string of the molecule is CC(C)NC(=O)CNCc1ccc(-c2ccc(F)cc2)o1. The summed E-state index contributed by atoms with van der Waals surface area (Å²) in [5, 5.41) is 5.81. The molecule has 5 heteroatoms. The fourth-order valence-corrected chi connectivity index (χ4v) is 1.91. The average molecular weight is 290 g/mol. The summed E-state index contributed by atoms with van der Waals surface area (Å²) in [6.07, 6.45) is 0. The van der Waals surface area contributed by atoms with Gasteiger partial charge in [0.2, 0.25) is 5.91 Å². The van der Waals surface area contributed by atoms with Crippen molar-refractivity contribution < 1.29 is 13.6 Å². The van der Waals surface area contributed by atoms with E-state index in [9.17, 15) is 9.18 Å². The molecule has 1 aromatic heterocycles. The first kappa shape index (κ1) is 15.3. The lowest BCUT2D eigenvalue weighted by Gasteiger charge is -2.08. The molecule has 0 atom stereocenters. The van der Waals surface area contributed by atoms with Gasteiger partial charge in [-0.05, 0) is 50.2 Å². The quantitative estimate of drug-likeness (QED) is 0.860. The minimum atomic E-state index is -0.275. The van der Waals surface area contributed by atoms with E-state index < -0.39 is 0 Å². The lowest BCUT2D eigenvalue weighted by molar-refractivity contribution is -0.120. The predicted molar refractivity (Wildman–Crippen MR) is 79.1 cm³/mol. The van der Waals surface area contributed by atoms with Crippen LogP contribution >= 0.6 is 0 Å². The Morgan fingerprint density at radius 2 is 1.90 bits per heavy atom. The minimum Gasteiger partial charge on any atom is -0.460 e. The van der Waals surface area contributed by atoms with Crippen molar-refractivity contribution in [2.75, 3.05) is 6.54 Å². The van der Waals surface area contributed by atoms with Crippen molar-refractivity contribution in [2.45, 2.75) is 26.4 Å². The monoisotopic (exact) mass is 290 g/mol. The third kappa shape index (κ3) is 4.72. The molecular formula is C16H19FN2O2. The van der Waals surface area contributed by atoms with Gasteiger partial charge in [0.1, 0.15) is 17.3 Å². The average Bonchev–Trinajstić information content (AvgIpc) is 2.87. The topological polar surface area (TPSA) is 54.3 Å². The van der Waals surface area contributed by atoms with Crippen LogP contribution in [0.4, 0.5) is 4.39 Å². The summed E-state index contributed by atoms with van der Waals surface area (Å²) < 4.78 is 18.5. The number of furan rings is 1. The van der Waals surface area contributed by atoms with E-state index in [0.717, 1.165) is 11.3 Å². The van der Waals surface area contributed by atoms with Gasteiger partial charge in [-0.1, -0.05) is 0 Å². The van der Waals surface area contributed by atoms with E-state index in [1.165, 1.54) is 12.1 Å². The van der Waals surface area contributed by atoms with Crippen molar-refractivity contribution in [1.82, 2.24) is 10.6 Å². The number of carbonyl (C=O) groups is 1. The van der Waals surface area contributed by atoms with Crippen LogP contribution in [0.15, 0.2) is 40.8 Å². The van der Waals surface area contributed by atoms with Crippen LogP contribution in [-0.2, 0) is 11.3 Å². The lowest BCUT2D eigenvalue weighted by Crippen LogP contribution is -2.37. The number of halogens is 1. The molecule has 0 saturated carbocycles. The van der Waals surface area contributed by atoms with Crippen molar-refractivity contribution in [2.24, 2.45) is 0 Å². The van der Waals surface area contributed by atoms with Gasteiger partial charge in [-0.25, -0.2) is 4.39 Å². The summed E-state index contributed by atoms with van der Waals surface area (Å²) in [7, 11) is 0. The summed E-state index contributed by atoms with van der Waals surface area (Å²) in [6.45, 7) is 4.54. The fraction of sp³-hybridized carbons (Fsp3) is 0.312. The number of amides is 1. The first-order valence-corrected chi connectivity index (χ1v) is 6.89. The molecule has 1 aromatic carbocycles. The van der Waals surface area contributed by atoms with Crippen LogP contribution in [0.3, 0.4) is 0 Å². The van der Waals surface area contributed by atoms with Gasteiger partial charge in [-0.3, -0.25) is 4.79 Å². The predicted octanol–water partition coefficient (Wildman–Crippen LogP) is 2.70. The molecule has 2 rings (SSSR count). The van der Waals surface area contributed by atoms with E-state index in [0.29, 0.717) is 12.3 Å². The maximum Gasteiger partial charge on any atom is 0.234 e. The maximum absolute atomic E-state index is 12.9. The molecule has 1 amide bonds. The van der Waals surface area contributed by atoms with Crippen LogP contribution in [0.2, 0.25) is 0 Å². The molecule has 0 fully saturated rings. The van der Waals surface area contributed by atoms with Crippen LogP contribution in [-0.4, -0.2) is 18.5 Å². The van der Waals surface area contributed by atoms with E-state index >= 15 is 0 Å². The highest BCUT2D eigenvalue weighted by Gasteiger charge is 2.06. The highest BCUT2D eigenvalue weighted by molar-refractivity contribution is 5.78. The van der Waals surface area contributed by atoms with Crippen LogP contribution < -0.4 is 10.6 Å². The van der Waals surface area contributed by atoms with Crippen LogP contribution in [0.25, 0.3) is 11.3 Å². The molecule has 0 radical (unpaired) electrons. The molecule has 21 heavy (non-hydrogen) atoms. The van der Waals surface area contributed by atoms with Gasteiger partial charge < -0.3 is 15.1 Å². The Bertz CT molecular complexity index is 591. The van der Waals surface area contributed by atoms with Gasteiger partial charge in [0.05, 0.1) is 13.1 Å². The number of rotatable bonds is 6. The Kier molecular flexibility index (Phi) is 5.11. The second kappa shape index (κ2) is 7.04. The Morgan fingerprint density at radius 1 is 1.19 bits per heavy atom. The van der Waals surface area contributed by atoms with Crippen molar-refractivity contribution in [3.05, 3.63) is 48.0 Å². The van der Waals surface area contributed by atoms with E-state index in [4.69, 9.17) is 4.42 Å². The minimum absolute atomic E-state index is 0.0460. The summed E-state index contributed by atoms with van der Waals surface area (Å²) >= 11 is 0. The molecule has 0 unspecified atom stereocenters. The van der Waals surface area contributed by atoms with Gasteiger partial charge >= 0.3 is 0 Å². The Hall–Kier alpha value is -2.14. The smallest absolute Gasteiger partial charge is 0.234 e. The molecule has 4 nitrogen and oxygen atoms in total. The highest BCUT2D eigenvalue weighted by Crippen LogP contribution is 2.22. The molecule has 2 aromatic rings. The molecule has 0 spiro atoms. The Morgan fingerprint density at radius 3 is 2.57 bits per heavy atom. The standard InChI is InChI=1S/C16H19FN2O2/c1-11(2)19-16(20)10-18-9-14-7-8-15(21-14)12-3-5-13(17)6-4-12/h3-8,11,18H,9-10H2,1-2H3,(H,19,20). The molecule has 0 aliphatic rings. The van der Waals surface area contributed by atoms with Gasteiger partial charge in [0.25, 0.3) is 0 Å². The number of hydrogen-bond donors (Lipinski definition) is 2. The van der Waals surface area contributed by atoms with Crippen molar-refractivity contribution >= 4 is 5.91 Å². The summed E-state index contributed by atoms with van der Waals surface area (Å²) in [6, 6.07) is 9.93. The molecule has 2 N–H and O–H groups in total. The zero-order chi connectivity index (χ0) is 15.2. The van der Waals surface area contributed by atoms with E-state index in [2.05, 4.69) is 10.6 Å². The van der Waals surface area contributed by atoms with Crippen LogP contribution in [0.1, 0.15) is 19.6 Å².